The first kappa shape index (κ1) is 10.1. The highest BCUT2D eigenvalue weighted by Crippen LogP contribution is 2.21. The van der Waals surface area contributed by atoms with Crippen molar-refractivity contribution < 1.29 is 4.74 Å². The largest absolute Gasteiger partial charge is 0.378 e. The van der Waals surface area contributed by atoms with E-state index in [9.17, 15) is 0 Å². The Hall–Kier alpha value is -0.480. The molecule has 0 amide bonds. The Balaban J connectivity index is 2.10. The highest BCUT2D eigenvalue weighted by Gasteiger charge is 2.18. The van der Waals surface area contributed by atoms with Gasteiger partial charge in [0.1, 0.15) is 5.82 Å². The van der Waals surface area contributed by atoms with E-state index in [0.29, 0.717) is 0 Å². The number of hydrogen-bond acceptors (Lipinski definition) is 3. The lowest BCUT2D eigenvalue weighted by Crippen LogP contribution is -2.41. The summed E-state index contributed by atoms with van der Waals surface area (Å²) in [6.07, 6.45) is 4.35. The number of halogens is 1. The van der Waals surface area contributed by atoms with Crippen LogP contribution in [0.5, 0.6) is 0 Å². The lowest BCUT2D eigenvalue weighted by atomic mass is 10.3. The van der Waals surface area contributed by atoms with Crippen LogP contribution in [-0.2, 0) is 4.74 Å². The normalized spacial score (nSPS) is 23.3. The van der Waals surface area contributed by atoms with Crippen molar-refractivity contribution in [3.05, 3.63) is 22.5 Å². The van der Waals surface area contributed by atoms with E-state index in [1.807, 2.05) is 0 Å². The molecule has 2 heterocycles. The highest BCUT2D eigenvalue weighted by molar-refractivity contribution is 9.11. The number of rotatable bonds is 1. The summed E-state index contributed by atoms with van der Waals surface area (Å²) in [5.41, 5.74) is 0. The fourth-order valence-electron chi connectivity index (χ4n) is 1.74. The van der Waals surface area contributed by atoms with E-state index in [1.54, 1.807) is 0 Å². The zero-order valence-corrected chi connectivity index (χ0v) is 9.96. The average Bonchev–Trinajstić information content (AvgIpc) is 2.23. The van der Waals surface area contributed by atoms with E-state index < -0.39 is 0 Å². The molecule has 0 atom stereocenters. The van der Waals surface area contributed by atoms with Crippen LogP contribution in [0.15, 0.2) is 22.5 Å². The number of hydrogen-bond donors (Lipinski definition) is 0. The van der Waals surface area contributed by atoms with Crippen LogP contribution in [0.1, 0.15) is 0 Å². The first-order valence-corrected chi connectivity index (χ1v) is 5.68. The number of ether oxygens (including phenoxy) is 1. The molecule has 2 aliphatic rings. The van der Waals surface area contributed by atoms with Crippen LogP contribution < -0.4 is 0 Å². The fraction of sp³-hybridized carbons (Fsp3) is 0.600. The summed E-state index contributed by atoms with van der Waals surface area (Å²) in [4.78, 5) is 4.63. The molecular formula is C10H15BrN2O. The van der Waals surface area contributed by atoms with Crippen LogP contribution in [0.25, 0.3) is 0 Å². The standard InChI is InChI=1S/C10H15BrN2O/c1-12-3-2-9(11)8-10(12)13-4-6-14-7-5-13/h2,8H,3-7H2,1H3. The van der Waals surface area contributed by atoms with Crippen LogP contribution in [0.4, 0.5) is 0 Å². The van der Waals surface area contributed by atoms with E-state index in [2.05, 4.69) is 44.9 Å². The summed E-state index contributed by atoms with van der Waals surface area (Å²) in [6.45, 7) is 4.65. The monoisotopic (exact) mass is 258 g/mol. The second-order valence-corrected chi connectivity index (χ2v) is 4.49. The van der Waals surface area contributed by atoms with Crippen molar-refractivity contribution in [1.82, 2.24) is 9.80 Å². The maximum atomic E-state index is 5.34. The van der Waals surface area contributed by atoms with Gasteiger partial charge in [0, 0.05) is 31.2 Å². The second kappa shape index (κ2) is 4.36. The van der Waals surface area contributed by atoms with Gasteiger partial charge in [-0.1, -0.05) is 22.0 Å². The summed E-state index contributed by atoms with van der Waals surface area (Å²) in [5.74, 6) is 1.29. The molecule has 0 saturated carbocycles. The third-order valence-electron chi connectivity index (χ3n) is 2.55. The Morgan fingerprint density at radius 1 is 1.36 bits per heavy atom. The molecule has 0 unspecified atom stereocenters. The summed E-state index contributed by atoms with van der Waals surface area (Å²) in [5, 5.41) is 0. The number of morpholine rings is 1. The van der Waals surface area contributed by atoms with Gasteiger partial charge in [-0.3, -0.25) is 0 Å². The van der Waals surface area contributed by atoms with Gasteiger partial charge in [0.2, 0.25) is 0 Å². The molecule has 78 valence electrons. The Morgan fingerprint density at radius 2 is 2.07 bits per heavy atom. The van der Waals surface area contributed by atoms with Crippen LogP contribution in [0.2, 0.25) is 0 Å². The Morgan fingerprint density at radius 3 is 2.79 bits per heavy atom. The SMILES string of the molecule is CN1CC=C(Br)C=C1N1CCOCC1. The minimum atomic E-state index is 0.840. The molecule has 0 aromatic rings. The van der Waals surface area contributed by atoms with Crippen LogP contribution in [0.3, 0.4) is 0 Å². The predicted molar refractivity (Wildman–Crippen MR) is 60.1 cm³/mol. The van der Waals surface area contributed by atoms with Gasteiger partial charge in [0.05, 0.1) is 13.2 Å². The van der Waals surface area contributed by atoms with Crippen molar-refractivity contribution in [2.75, 3.05) is 39.9 Å². The van der Waals surface area contributed by atoms with E-state index >= 15 is 0 Å². The van der Waals surface area contributed by atoms with Gasteiger partial charge in [0.25, 0.3) is 0 Å². The molecule has 2 aliphatic heterocycles. The van der Waals surface area contributed by atoms with Gasteiger partial charge in [0.15, 0.2) is 0 Å². The zero-order chi connectivity index (χ0) is 9.97. The van der Waals surface area contributed by atoms with Gasteiger partial charge in [-0.05, 0) is 6.08 Å². The van der Waals surface area contributed by atoms with Crippen molar-refractivity contribution in [3.63, 3.8) is 0 Å². The van der Waals surface area contributed by atoms with E-state index in [0.717, 1.165) is 32.8 Å². The molecule has 0 aliphatic carbocycles. The molecule has 3 nitrogen and oxygen atoms in total. The molecule has 0 radical (unpaired) electrons. The van der Waals surface area contributed by atoms with Crippen LogP contribution in [0, 0.1) is 0 Å². The van der Waals surface area contributed by atoms with Crippen molar-refractivity contribution in [3.8, 4) is 0 Å². The molecule has 0 N–H and O–H groups in total. The number of nitrogens with zero attached hydrogens (tertiary/aromatic N) is 2. The summed E-state index contributed by atoms with van der Waals surface area (Å²) in [6, 6.07) is 0. The smallest absolute Gasteiger partial charge is 0.105 e. The van der Waals surface area contributed by atoms with E-state index in [4.69, 9.17) is 4.74 Å². The van der Waals surface area contributed by atoms with Crippen LogP contribution in [-0.4, -0.2) is 49.7 Å². The maximum Gasteiger partial charge on any atom is 0.105 e. The molecule has 14 heavy (non-hydrogen) atoms. The van der Waals surface area contributed by atoms with Gasteiger partial charge in [-0.15, -0.1) is 0 Å². The summed E-state index contributed by atoms with van der Waals surface area (Å²) < 4.78 is 6.52. The minimum Gasteiger partial charge on any atom is -0.378 e. The van der Waals surface area contributed by atoms with E-state index in [-0.39, 0.29) is 0 Å². The molecule has 0 spiro atoms. The maximum absolute atomic E-state index is 5.34. The van der Waals surface area contributed by atoms with Gasteiger partial charge in [-0.2, -0.15) is 0 Å². The van der Waals surface area contributed by atoms with Crippen molar-refractivity contribution in [2.45, 2.75) is 0 Å². The Bertz CT molecular complexity index is 269. The van der Waals surface area contributed by atoms with Gasteiger partial charge >= 0.3 is 0 Å². The summed E-state index contributed by atoms with van der Waals surface area (Å²) in [7, 11) is 2.12. The first-order chi connectivity index (χ1) is 6.77. The van der Waals surface area contributed by atoms with Gasteiger partial charge in [-0.25, -0.2) is 0 Å². The Kier molecular flexibility index (Phi) is 3.13. The zero-order valence-electron chi connectivity index (χ0n) is 8.37. The van der Waals surface area contributed by atoms with E-state index in [1.165, 1.54) is 10.3 Å². The van der Waals surface area contributed by atoms with Gasteiger partial charge < -0.3 is 14.5 Å². The lowest BCUT2D eigenvalue weighted by Gasteiger charge is -2.37. The highest BCUT2D eigenvalue weighted by atomic mass is 79.9. The van der Waals surface area contributed by atoms with Crippen LogP contribution >= 0.6 is 15.9 Å². The number of allylic oxidation sites excluding steroid dienone is 2. The van der Waals surface area contributed by atoms with Crippen molar-refractivity contribution in [2.24, 2.45) is 0 Å². The molecule has 1 saturated heterocycles. The molecule has 2 rings (SSSR count). The summed E-state index contributed by atoms with van der Waals surface area (Å²) >= 11 is 3.52. The second-order valence-electron chi connectivity index (χ2n) is 3.57. The number of likely N-dealkylation sites (N-methyl/N-ethyl adjacent to an activating group) is 1. The minimum absolute atomic E-state index is 0.840. The molecule has 1 fully saturated rings. The molecular weight excluding hydrogens is 244 g/mol. The van der Waals surface area contributed by atoms with Crippen molar-refractivity contribution in [1.29, 1.82) is 0 Å². The molecule has 4 heteroatoms. The third kappa shape index (κ3) is 2.12. The van der Waals surface area contributed by atoms with Crippen molar-refractivity contribution >= 4 is 15.9 Å². The Labute approximate surface area is 93.1 Å². The molecule has 0 bridgehead atoms. The first-order valence-electron chi connectivity index (χ1n) is 4.88. The predicted octanol–water partition coefficient (Wildman–Crippen LogP) is 1.38. The molecule has 0 aromatic heterocycles. The fourth-order valence-corrected chi connectivity index (χ4v) is 2.08. The average molecular weight is 259 g/mol. The molecule has 0 aromatic carbocycles. The topological polar surface area (TPSA) is 15.7 Å². The lowest BCUT2D eigenvalue weighted by molar-refractivity contribution is 0.0408. The quantitative estimate of drug-likeness (QED) is 0.707. The third-order valence-corrected chi connectivity index (χ3v) is 3.11.